The maximum absolute atomic E-state index is 13.7. The minimum Gasteiger partial charge on any atom is -0.322 e. The molecule has 3 rings (SSSR count). The van der Waals surface area contributed by atoms with E-state index in [4.69, 9.17) is 0 Å². The fourth-order valence-corrected chi connectivity index (χ4v) is 2.82. The number of aryl methyl sites for hydroxylation is 1. The Balaban J connectivity index is 1.87. The summed E-state index contributed by atoms with van der Waals surface area (Å²) in [6.45, 7) is 1.79. The molecular weight excluding hydrogens is 273 g/mol. The second-order valence-corrected chi connectivity index (χ2v) is 5.56. The van der Waals surface area contributed by atoms with Gasteiger partial charge < -0.3 is 5.32 Å². The molecule has 3 aromatic rings. The van der Waals surface area contributed by atoms with Crippen LogP contribution >= 0.6 is 11.3 Å². The van der Waals surface area contributed by atoms with Gasteiger partial charge in [0.2, 0.25) is 0 Å². The average molecular weight is 285 g/mol. The summed E-state index contributed by atoms with van der Waals surface area (Å²) in [7, 11) is 0. The van der Waals surface area contributed by atoms with Crippen LogP contribution in [0, 0.1) is 12.7 Å². The molecule has 0 aliphatic carbocycles. The van der Waals surface area contributed by atoms with Crippen molar-refractivity contribution in [1.29, 1.82) is 0 Å². The summed E-state index contributed by atoms with van der Waals surface area (Å²) in [5.41, 5.74) is 1.51. The first kappa shape index (κ1) is 12.8. The zero-order valence-corrected chi connectivity index (χ0v) is 11.6. The lowest BCUT2D eigenvalue weighted by Gasteiger charge is -2.07. The average Bonchev–Trinajstić information content (AvgIpc) is 2.85. The molecule has 0 aliphatic rings. The third kappa shape index (κ3) is 2.42. The van der Waals surface area contributed by atoms with Crippen molar-refractivity contribution in [3.8, 4) is 0 Å². The van der Waals surface area contributed by atoms with Crippen LogP contribution in [0.3, 0.4) is 0 Å². The molecule has 4 heteroatoms. The minimum atomic E-state index is -0.501. The highest BCUT2D eigenvalue weighted by atomic mass is 32.1. The zero-order valence-electron chi connectivity index (χ0n) is 10.8. The molecule has 0 atom stereocenters. The van der Waals surface area contributed by atoms with Crippen LogP contribution in [0.5, 0.6) is 0 Å². The van der Waals surface area contributed by atoms with Crippen LogP contribution in [-0.2, 0) is 0 Å². The maximum Gasteiger partial charge on any atom is 0.258 e. The zero-order chi connectivity index (χ0) is 14.1. The molecule has 1 heterocycles. The number of hydrogen-bond acceptors (Lipinski definition) is 2. The number of benzene rings is 2. The second kappa shape index (κ2) is 5.06. The molecule has 0 saturated carbocycles. The molecule has 2 nitrogen and oxygen atoms in total. The van der Waals surface area contributed by atoms with E-state index < -0.39 is 11.7 Å². The highest BCUT2D eigenvalue weighted by Crippen LogP contribution is 2.24. The van der Waals surface area contributed by atoms with E-state index in [9.17, 15) is 9.18 Å². The molecule has 1 amide bonds. The van der Waals surface area contributed by atoms with E-state index in [1.165, 1.54) is 12.1 Å². The van der Waals surface area contributed by atoms with Crippen LogP contribution in [0.15, 0.2) is 47.8 Å². The van der Waals surface area contributed by atoms with E-state index in [2.05, 4.69) is 5.32 Å². The van der Waals surface area contributed by atoms with Crippen LogP contribution < -0.4 is 5.32 Å². The number of anilines is 1. The van der Waals surface area contributed by atoms with Gasteiger partial charge in [0.15, 0.2) is 0 Å². The molecule has 0 fully saturated rings. The number of carbonyl (C=O) groups excluding carboxylic acids is 1. The van der Waals surface area contributed by atoms with Gasteiger partial charge in [-0.25, -0.2) is 4.39 Å². The highest BCUT2D eigenvalue weighted by Gasteiger charge is 2.12. The summed E-state index contributed by atoms with van der Waals surface area (Å²) >= 11 is 1.64. The van der Waals surface area contributed by atoms with Gasteiger partial charge in [-0.05, 0) is 59.7 Å². The lowest BCUT2D eigenvalue weighted by Crippen LogP contribution is -2.13. The van der Waals surface area contributed by atoms with Crippen molar-refractivity contribution < 1.29 is 9.18 Å². The van der Waals surface area contributed by atoms with Gasteiger partial charge in [-0.2, -0.15) is 0 Å². The molecule has 1 aromatic heterocycles. The van der Waals surface area contributed by atoms with Crippen molar-refractivity contribution >= 4 is 33.0 Å². The molecule has 0 spiro atoms. The lowest BCUT2D eigenvalue weighted by atomic mass is 10.1. The summed E-state index contributed by atoms with van der Waals surface area (Å²) in [5, 5.41) is 5.79. The second-order valence-electron chi connectivity index (χ2n) is 4.61. The largest absolute Gasteiger partial charge is 0.322 e. The third-order valence-electron chi connectivity index (χ3n) is 3.08. The summed E-state index contributed by atoms with van der Waals surface area (Å²) in [5.74, 6) is -0.934. The Hall–Kier alpha value is -2.20. The SMILES string of the molecule is Cc1ccc(C(=O)Nc2ccc3sccc3c2)c(F)c1. The van der Waals surface area contributed by atoms with E-state index in [-0.39, 0.29) is 5.56 Å². The van der Waals surface area contributed by atoms with E-state index >= 15 is 0 Å². The van der Waals surface area contributed by atoms with Crippen molar-refractivity contribution in [2.45, 2.75) is 6.92 Å². The first-order valence-corrected chi connectivity index (χ1v) is 7.06. The van der Waals surface area contributed by atoms with Crippen molar-refractivity contribution in [2.24, 2.45) is 0 Å². The molecule has 100 valence electrons. The number of thiophene rings is 1. The monoisotopic (exact) mass is 285 g/mol. The number of nitrogens with one attached hydrogen (secondary N) is 1. The lowest BCUT2D eigenvalue weighted by molar-refractivity contribution is 0.102. The van der Waals surface area contributed by atoms with Crippen LogP contribution in [0.4, 0.5) is 10.1 Å². The van der Waals surface area contributed by atoms with Crippen molar-refractivity contribution in [1.82, 2.24) is 0 Å². The van der Waals surface area contributed by atoms with Crippen LogP contribution in [0.2, 0.25) is 0 Å². The summed E-state index contributed by atoms with van der Waals surface area (Å²) < 4.78 is 14.9. The minimum absolute atomic E-state index is 0.0565. The number of rotatable bonds is 2. The number of carbonyl (C=O) groups is 1. The molecule has 0 saturated heterocycles. The molecule has 2 aromatic carbocycles. The van der Waals surface area contributed by atoms with Gasteiger partial charge in [0.05, 0.1) is 5.56 Å². The Kier molecular flexibility index (Phi) is 3.24. The number of amides is 1. The Labute approximate surface area is 119 Å². The summed E-state index contributed by atoms with van der Waals surface area (Å²) in [6, 6.07) is 12.2. The topological polar surface area (TPSA) is 29.1 Å². The normalized spacial score (nSPS) is 10.7. The number of halogens is 1. The Morgan fingerprint density at radius 2 is 2.00 bits per heavy atom. The third-order valence-corrected chi connectivity index (χ3v) is 3.98. The van der Waals surface area contributed by atoms with Crippen LogP contribution in [0.1, 0.15) is 15.9 Å². The molecule has 0 aliphatic heterocycles. The Morgan fingerprint density at radius 1 is 1.15 bits per heavy atom. The van der Waals surface area contributed by atoms with Gasteiger partial charge in [-0.15, -0.1) is 11.3 Å². The maximum atomic E-state index is 13.7. The standard InChI is InChI=1S/C16H12FNOS/c1-10-2-4-13(14(17)8-10)16(19)18-12-3-5-15-11(9-12)6-7-20-15/h2-9H,1H3,(H,18,19). The van der Waals surface area contributed by atoms with Gasteiger partial charge in [0.1, 0.15) is 5.82 Å². The fourth-order valence-electron chi connectivity index (χ4n) is 2.05. The predicted octanol–water partition coefficient (Wildman–Crippen LogP) is 4.60. The smallest absolute Gasteiger partial charge is 0.258 e. The van der Waals surface area contributed by atoms with Crippen molar-refractivity contribution in [3.63, 3.8) is 0 Å². The Morgan fingerprint density at radius 3 is 2.80 bits per heavy atom. The highest BCUT2D eigenvalue weighted by molar-refractivity contribution is 7.17. The fraction of sp³-hybridized carbons (Fsp3) is 0.0625. The van der Waals surface area contributed by atoms with Gasteiger partial charge in [0, 0.05) is 10.4 Å². The quantitative estimate of drug-likeness (QED) is 0.732. The summed E-state index contributed by atoms with van der Waals surface area (Å²) in [4.78, 5) is 12.1. The molecular formula is C16H12FNOS. The molecule has 1 N–H and O–H groups in total. The van der Waals surface area contributed by atoms with E-state index in [1.54, 1.807) is 24.3 Å². The number of hydrogen-bond donors (Lipinski definition) is 1. The van der Waals surface area contributed by atoms with Gasteiger partial charge in [-0.3, -0.25) is 4.79 Å². The number of fused-ring (bicyclic) bond motifs is 1. The first-order chi connectivity index (χ1) is 9.63. The van der Waals surface area contributed by atoms with Crippen LogP contribution in [-0.4, -0.2) is 5.91 Å². The van der Waals surface area contributed by atoms with Crippen molar-refractivity contribution in [2.75, 3.05) is 5.32 Å². The van der Waals surface area contributed by atoms with Crippen molar-refractivity contribution in [3.05, 3.63) is 64.8 Å². The summed E-state index contributed by atoms with van der Waals surface area (Å²) in [6.07, 6.45) is 0. The van der Waals surface area contributed by atoms with E-state index in [1.807, 2.05) is 29.6 Å². The van der Waals surface area contributed by atoms with Crippen LogP contribution in [0.25, 0.3) is 10.1 Å². The molecule has 0 radical (unpaired) electrons. The van der Waals surface area contributed by atoms with E-state index in [0.717, 1.165) is 15.6 Å². The first-order valence-electron chi connectivity index (χ1n) is 6.18. The predicted molar refractivity (Wildman–Crippen MR) is 80.9 cm³/mol. The van der Waals surface area contributed by atoms with Gasteiger partial charge in [-0.1, -0.05) is 6.07 Å². The molecule has 20 heavy (non-hydrogen) atoms. The van der Waals surface area contributed by atoms with E-state index in [0.29, 0.717) is 5.69 Å². The Bertz CT molecular complexity index is 794. The molecule has 0 bridgehead atoms. The molecule has 0 unspecified atom stereocenters. The van der Waals surface area contributed by atoms with Gasteiger partial charge in [0.25, 0.3) is 5.91 Å². The van der Waals surface area contributed by atoms with Gasteiger partial charge >= 0.3 is 0 Å².